The summed E-state index contributed by atoms with van der Waals surface area (Å²) in [4.78, 5) is 11.5. The third kappa shape index (κ3) is 5.26. The molecule has 206 valence electrons. The summed E-state index contributed by atoms with van der Waals surface area (Å²) in [5.74, 6) is -0.454. The summed E-state index contributed by atoms with van der Waals surface area (Å²) in [5, 5.41) is 9.42. The Kier molecular flexibility index (Phi) is 7.17. The van der Waals surface area contributed by atoms with Gasteiger partial charge in [-0.2, -0.15) is 0 Å². The minimum absolute atomic E-state index is 0.00533. The molecule has 0 radical (unpaired) electrons. The number of ether oxygens (including phenoxy) is 2. The average Bonchev–Trinajstić information content (AvgIpc) is 3.41. The largest absolute Gasteiger partial charge is 0.497 e. The van der Waals surface area contributed by atoms with Gasteiger partial charge in [0.25, 0.3) is 0 Å². The van der Waals surface area contributed by atoms with Crippen LogP contribution in [0.3, 0.4) is 0 Å². The van der Waals surface area contributed by atoms with E-state index >= 15 is 8.78 Å². The van der Waals surface area contributed by atoms with Gasteiger partial charge in [-0.25, -0.2) is 8.78 Å². The molecule has 1 N–H and O–H groups in total. The van der Waals surface area contributed by atoms with Crippen LogP contribution in [0.15, 0.2) is 48.5 Å². The number of hydrogen-bond donors (Lipinski definition) is 1. The number of halogens is 2. The number of aryl methyl sites for hydroxylation is 1. The topological polar surface area (TPSA) is 55.8 Å². The summed E-state index contributed by atoms with van der Waals surface area (Å²) in [7, 11) is 1.53. The van der Waals surface area contributed by atoms with Crippen molar-refractivity contribution in [2.75, 3.05) is 7.11 Å². The highest BCUT2D eigenvalue weighted by Gasteiger charge is 2.38. The van der Waals surface area contributed by atoms with Crippen LogP contribution in [0, 0.1) is 17.0 Å². The van der Waals surface area contributed by atoms with Gasteiger partial charge < -0.3 is 14.6 Å². The minimum atomic E-state index is -0.825. The van der Waals surface area contributed by atoms with Crippen LogP contribution in [0.25, 0.3) is 11.1 Å². The second kappa shape index (κ2) is 10.3. The van der Waals surface area contributed by atoms with Gasteiger partial charge in [-0.05, 0) is 102 Å². The smallest absolute Gasteiger partial charge is 0.304 e. The summed E-state index contributed by atoms with van der Waals surface area (Å²) in [5.41, 5.74) is 3.88. The molecule has 3 aromatic carbocycles. The van der Waals surface area contributed by atoms with Crippen LogP contribution in [0.1, 0.15) is 81.0 Å². The van der Waals surface area contributed by atoms with Crippen LogP contribution < -0.4 is 9.47 Å². The van der Waals surface area contributed by atoms with Crippen molar-refractivity contribution in [3.05, 3.63) is 82.4 Å². The maximum absolute atomic E-state index is 15.6. The predicted octanol–water partition coefficient (Wildman–Crippen LogP) is 8.19. The number of fused-ring (bicyclic) bond motifs is 1. The van der Waals surface area contributed by atoms with E-state index in [1.807, 2.05) is 31.2 Å². The van der Waals surface area contributed by atoms with Gasteiger partial charge in [0.2, 0.25) is 0 Å². The molecule has 1 fully saturated rings. The lowest BCUT2D eigenvalue weighted by atomic mass is 9.75. The van der Waals surface area contributed by atoms with Crippen molar-refractivity contribution in [2.24, 2.45) is 5.41 Å². The Morgan fingerprint density at radius 3 is 2.44 bits per heavy atom. The van der Waals surface area contributed by atoms with E-state index in [1.54, 1.807) is 12.1 Å². The maximum Gasteiger partial charge on any atom is 0.304 e. The van der Waals surface area contributed by atoms with Crippen LogP contribution in [0.4, 0.5) is 8.78 Å². The zero-order chi connectivity index (χ0) is 27.9. The molecule has 0 saturated heterocycles. The fourth-order valence-corrected chi connectivity index (χ4v) is 6.66. The van der Waals surface area contributed by atoms with E-state index in [4.69, 9.17) is 9.47 Å². The zero-order valence-corrected chi connectivity index (χ0v) is 23.1. The van der Waals surface area contributed by atoms with Gasteiger partial charge in [0.05, 0.1) is 13.5 Å². The number of hydrogen-bond acceptors (Lipinski definition) is 3. The number of benzene rings is 3. The van der Waals surface area contributed by atoms with Gasteiger partial charge in [-0.15, -0.1) is 0 Å². The molecule has 2 aliphatic carbocycles. The Hall–Kier alpha value is -3.41. The Morgan fingerprint density at radius 1 is 0.974 bits per heavy atom. The number of rotatable bonds is 8. The summed E-state index contributed by atoms with van der Waals surface area (Å²) in [6, 6.07) is 13.6. The molecule has 4 nitrogen and oxygen atoms in total. The Bertz CT molecular complexity index is 1410. The molecule has 0 aliphatic heterocycles. The molecule has 5 rings (SSSR count). The number of carbonyl (C=O) groups is 1. The molecule has 1 unspecified atom stereocenters. The predicted molar refractivity (Wildman–Crippen MR) is 147 cm³/mol. The molecule has 3 aromatic rings. The van der Waals surface area contributed by atoms with Crippen LogP contribution in [-0.4, -0.2) is 18.2 Å². The standard InChI is InChI=1S/C33H36F2O4/c1-32(2)12-5-6-27(32)25-14-21(30(35)17-24(25)26-15-22(38-4)9-10-29(26)34)19-39-23-8-7-20-11-13-33(3,18-31(36)37)28(20)16-23/h7-10,14-17,27H,5-6,11-13,18-19H2,1-4H3,(H,36,37)/t27?,33-/m1/s1. The van der Waals surface area contributed by atoms with Crippen molar-refractivity contribution in [3.8, 4) is 22.6 Å². The normalized spacial score (nSPS) is 21.5. The Balaban J connectivity index is 1.50. The van der Waals surface area contributed by atoms with Gasteiger partial charge in [-0.1, -0.05) is 33.3 Å². The van der Waals surface area contributed by atoms with Crippen molar-refractivity contribution in [1.82, 2.24) is 0 Å². The fraction of sp³-hybridized carbons (Fsp3) is 0.424. The lowest BCUT2D eigenvalue weighted by Crippen LogP contribution is -2.22. The lowest BCUT2D eigenvalue weighted by Gasteiger charge is -2.30. The van der Waals surface area contributed by atoms with Crippen molar-refractivity contribution in [2.45, 2.75) is 77.2 Å². The first kappa shape index (κ1) is 27.2. The monoisotopic (exact) mass is 534 g/mol. The lowest BCUT2D eigenvalue weighted by molar-refractivity contribution is -0.138. The number of methoxy groups -OCH3 is 1. The van der Waals surface area contributed by atoms with Gasteiger partial charge in [0.15, 0.2) is 0 Å². The first-order chi connectivity index (χ1) is 18.5. The second-order valence-corrected chi connectivity index (χ2v) is 12.0. The molecule has 1 saturated carbocycles. The van der Waals surface area contributed by atoms with E-state index in [0.29, 0.717) is 28.2 Å². The van der Waals surface area contributed by atoms with Gasteiger partial charge >= 0.3 is 5.97 Å². The summed E-state index contributed by atoms with van der Waals surface area (Å²) in [6.07, 6.45) is 4.72. The van der Waals surface area contributed by atoms with Crippen LogP contribution in [0.2, 0.25) is 0 Å². The quantitative estimate of drug-likeness (QED) is 0.317. The Morgan fingerprint density at radius 2 is 1.74 bits per heavy atom. The van der Waals surface area contributed by atoms with Gasteiger partial charge in [0.1, 0.15) is 29.7 Å². The van der Waals surface area contributed by atoms with Crippen LogP contribution in [0.5, 0.6) is 11.5 Å². The van der Waals surface area contributed by atoms with Crippen LogP contribution >= 0.6 is 0 Å². The highest BCUT2D eigenvalue weighted by Crippen LogP contribution is 2.52. The van der Waals surface area contributed by atoms with Crippen molar-refractivity contribution < 1.29 is 28.2 Å². The van der Waals surface area contributed by atoms with E-state index in [0.717, 1.165) is 48.8 Å². The summed E-state index contributed by atoms with van der Waals surface area (Å²) in [6.45, 7) is 6.42. The number of aliphatic carboxylic acids is 1. The fourth-order valence-electron chi connectivity index (χ4n) is 6.66. The van der Waals surface area contributed by atoms with Crippen molar-refractivity contribution in [3.63, 3.8) is 0 Å². The third-order valence-electron chi connectivity index (χ3n) is 8.93. The molecule has 0 heterocycles. The van der Waals surface area contributed by atoms with E-state index in [9.17, 15) is 9.90 Å². The molecule has 0 spiro atoms. The summed E-state index contributed by atoms with van der Waals surface area (Å²) >= 11 is 0. The molecule has 39 heavy (non-hydrogen) atoms. The molecular formula is C33H36F2O4. The molecule has 2 atom stereocenters. The molecule has 2 aliphatic rings. The first-order valence-electron chi connectivity index (χ1n) is 13.6. The zero-order valence-electron chi connectivity index (χ0n) is 23.1. The number of carboxylic acid groups (broad SMARTS) is 1. The third-order valence-corrected chi connectivity index (χ3v) is 8.93. The van der Waals surface area contributed by atoms with E-state index in [2.05, 4.69) is 13.8 Å². The molecule has 0 bridgehead atoms. The van der Waals surface area contributed by atoms with E-state index in [-0.39, 0.29) is 24.4 Å². The number of carboxylic acids is 1. The molecule has 0 aromatic heterocycles. The molecular weight excluding hydrogens is 498 g/mol. The maximum atomic E-state index is 15.6. The first-order valence-corrected chi connectivity index (χ1v) is 13.6. The second-order valence-electron chi connectivity index (χ2n) is 12.0. The van der Waals surface area contributed by atoms with E-state index < -0.39 is 23.0 Å². The highest BCUT2D eigenvalue weighted by molar-refractivity contribution is 5.71. The minimum Gasteiger partial charge on any atom is -0.497 e. The SMILES string of the molecule is COc1ccc(F)c(-c2cc(F)c(COc3ccc4c(c3)[C@@](C)(CC(=O)O)CC4)cc2C2CCCC2(C)C)c1. The van der Waals surface area contributed by atoms with Crippen LogP contribution in [-0.2, 0) is 23.2 Å². The van der Waals surface area contributed by atoms with Gasteiger partial charge in [-0.3, -0.25) is 4.79 Å². The van der Waals surface area contributed by atoms with Crippen molar-refractivity contribution in [1.29, 1.82) is 0 Å². The van der Waals surface area contributed by atoms with Crippen molar-refractivity contribution >= 4 is 5.97 Å². The molecule has 0 amide bonds. The van der Waals surface area contributed by atoms with Gasteiger partial charge in [0, 0.05) is 16.5 Å². The van der Waals surface area contributed by atoms with E-state index in [1.165, 1.54) is 19.2 Å². The average molecular weight is 535 g/mol. The molecule has 6 heteroatoms. The highest BCUT2D eigenvalue weighted by atomic mass is 19.1. The Labute approximate surface area is 229 Å². The summed E-state index contributed by atoms with van der Waals surface area (Å²) < 4.78 is 42.1.